The molecule has 132 valence electrons. The van der Waals surface area contributed by atoms with Crippen LogP contribution >= 0.6 is 11.8 Å². The van der Waals surface area contributed by atoms with Gasteiger partial charge in [0.2, 0.25) is 5.91 Å². The molecule has 3 N–H and O–H groups in total. The maximum atomic E-state index is 12.6. The van der Waals surface area contributed by atoms with Crippen molar-refractivity contribution in [2.45, 2.75) is 45.2 Å². The van der Waals surface area contributed by atoms with Crippen molar-refractivity contribution in [1.82, 2.24) is 4.90 Å². The third-order valence-corrected chi connectivity index (χ3v) is 6.10. The van der Waals surface area contributed by atoms with Crippen LogP contribution in [0.25, 0.3) is 0 Å². The Kier molecular flexibility index (Phi) is 6.19. The quantitative estimate of drug-likeness (QED) is 0.879. The molecule has 0 aromatic heterocycles. The van der Waals surface area contributed by atoms with Gasteiger partial charge in [-0.05, 0) is 43.4 Å². The lowest BCUT2D eigenvalue weighted by atomic mass is 9.85. The number of amides is 1. The maximum Gasteiger partial charge on any atom is 0.227 e. The van der Waals surface area contributed by atoms with Crippen molar-refractivity contribution in [1.29, 1.82) is 0 Å². The maximum absolute atomic E-state index is 12.6. The number of nitrogens with zero attached hydrogens (tertiary/aromatic N) is 1. The molecule has 1 saturated carbocycles. The predicted octanol–water partition coefficient (Wildman–Crippen LogP) is 3.00. The zero-order valence-electron chi connectivity index (χ0n) is 14.6. The van der Waals surface area contributed by atoms with E-state index in [0.29, 0.717) is 0 Å². The van der Waals surface area contributed by atoms with Crippen LogP contribution in [0.5, 0.6) is 0 Å². The van der Waals surface area contributed by atoms with Gasteiger partial charge in [-0.3, -0.25) is 9.69 Å². The Morgan fingerprint density at radius 1 is 1.33 bits per heavy atom. The van der Waals surface area contributed by atoms with E-state index in [-0.39, 0.29) is 17.9 Å². The lowest BCUT2D eigenvalue weighted by Gasteiger charge is -2.27. The first-order valence-electron chi connectivity index (χ1n) is 9.08. The SMILES string of the molecule is Cc1ccc(CN2CCSCC2)cc1NC(=O)C1CCCC(N)C1. The number of anilines is 1. The number of rotatable bonds is 4. The van der Waals surface area contributed by atoms with Gasteiger partial charge in [0.15, 0.2) is 0 Å². The van der Waals surface area contributed by atoms with Gasteiger partial charge in [-0.2, -0.15) is 11.8 Å². The molecular formula is C19H29N3OS. The first-order valence-corrected chi connectivity index (χ1v) is 10.2. The Balaban J connectivity index is 1.63. The fraction of sp³-hybridized carbons (Fsp3) is 0.632. The summed E-state index contributed by atoms with van der Waals surface area (Å²) in [6.45, 7) is 5.34. The number of carbonyl (C=O) groups excluding carboxylic acids is 1. The van der Waals surface area contributed by atoms with Gasteiger partial charge >= 0.3 is 0 Å². The van der Waals surface area contributed by atoms with E-state index < -0.39 is 0 Å². The van der Waals surface area contributed by atoms with E-state index in [1.165, 1.54) is 17.1 Å². The van der Waals surface area contributed by atoms with Gasteiger partial charge in [0.1, 0.15) is 0 Å². The van der Waals surface area contributed by atoms with Crippen LogP contribution < -0.4 is 11.1 Å². The van der Waals surface area contributed by atoms with Crippen LogP contribution in [-0.4, -0.2) is 41.4 Å². The summed E-state index contributed by atoms with van der Waals surface area (Å²) in [7, 11) is 0. The first kappa shape index (κ1) is 17.8. The summed E-state index contributed by atoms with van der Waals surface area (Å²) in [5.41, 5.74) is 9.40. The normalized spacial score (nSPS) is 25.4. The molecule has 1 aliphatic heterocycles. The molecule has 24 heavy (non-hydrogen) atoms. The molecule has 1 aliphatic carbocycles. The second-order valence-corrected chi connectivity index (χ2v) is 8.38. The lowest BCUT2D eigenvalue weighted by molar-refractivity contribution is -0.120. The summed E-state index contributed by atoms with van der Waals surface area (Å²) >= 11 is 2.03. The smallest absolute Gasteiger partial charge is 0.227 e. The summed E-state index contributed by atoms with van der Waals surface area (Å²) in [6.07, 6.45) is 3.89. The number of aryl methyl sites for hydroxylation is 1. The van der Waals surface area contributed by atoms with E-state index in [1.54, 1.807) is 0 Å². The van der Waals surface area contributed by atoms with Gasteiger partial charge in [0.25, 0.3) is 0 Å². The van der Waals surface area contributed by atoms with Gasteiger partial charge in [0, 0.05) is 48.8 Å². The van der Waals surface area contributed by atoms with E-state index in [1.807, 2.05) is 11.8 Å². The zero-order chi connectivity index (χ0) is 16.9. The molecule has 4 nitrogen and oxygen atoms in total. The summed E-state index contributed by atoms with van der Waals surface area (Å²) in [5.74, 6) is 2.64. The molecule has 3 rings (SSSR count). The summed E-state index contributed by atoms with van der Waals surface area (Å²) in [6, 6.07) is 6.64. The minimum atomic E-state index is 0.0657. The molecule has 2 unspecified atom stereocenters. The topological polar surface area (TPSA) is 58.4 Å². The first-order chi connectivity index (χ1) is 11.6. The number of nitrogens with one attached hydrogen (secondary N) is 1. The van der Waals surface area contributed by atoms with E-state index in [2.05, 4.69) is 35.3 Å². The van der Waals surface area contributed by atoms with Crippen LogP contribution in [0.3, 0.4) is 0 Å². The monoisotopic (exact) mass is 347 g/mol. The molecule has 1 heterocycles. The third kappa shape index (κ3) is 4.74. The number of benzene rings is 1. The minimum Gasteiger partial charge on any atom is -0.328 e. The highest BCUT2D eigenvalue weighted by atomic mass is 32.2. The molecule has 1 saturated heterocycles. The summed E-state index contributed by atoms with van der Waals surface area (Å²) in [5, 5.41) is 3.16. The molecule has 1 aromatic carbocycles. The largest absolute Gasteiger partial charge is 0.328 e. The van der Waals surface area contributed by atoms with E-state index in [4.69, 9.17) is 5.73 Å². The van der Waals surface area contributed by atoms with Gasteiger partial charge in [-0.1, -0.05) is 18.6 Å². The van der Waals surface area contributed by atoms with Crippen molar-refractivity contribution in [2.24, 2.45) is 11.7 Å². The van der Waals surface area contributed by atoms with Crippen LogP contribution in [0.15, 0.2) is 18.2 Å². The van der Waals surface area contributed by atoms with Crippen molar-refractivity contribution in [2.75, 3.05) is 29.9 Å². The van der Waals surface area contributed by atoms with Gasteiger partial charge in [-0.25, -0.2) is 0 Å². The molecular weight excluding hydrogens is 318 g/mol. The van der Waals surface area contributed by atoms with E-state index >= 15 is 0 Å². The highest BCUT2D eigenvalue weighted by Crippen LogP contribution is 2.26. The third-order valence-electron chi connectivity index (χ3n) is 5.16. The number of hydrogen-bond donors (Lipinski definition) is 2. The van der Waals surface area contributed by atoms with Crippen molar-refractivity contribution < 1.29 is 4.79 Å². The Hall–Kier alpha value is -1.04. The molecule has 1 aromatic rings. The number of carbonyl (C=O) groups is 1. The van der Waals surface area contributed by atoms with Gasteiger partial charge in [-0.15, -0.1) is 0 Å². The Morgan fingerprint density at radius 2 is 2.12 bits per heavy atom. The van der Waals surface area contributed by atoms with Crippen molar-refractivity contribution in [3.05, 3.63) is 29.3 Å². The number of thioether (sulfide) groups is 1. The Bertz CT molecular complexity index is 572. The lowest BCUT2D eigenvalue weighted by Crippen LogP contribution is -2.34. The molecule has 0 spiro atoms. The molecule has 2 aliphatic rings. The second-order valence-electron chi connectivity index (χ2n) is 7.15. The molecule has 0 bridgehead atoms. The van der Waals surface area contributed by atoms with Crippen molar-refractivity contribution >= 4 is 23.4 Å². The Morgan fingerprint density at radius 3 is 2.88 bits per heavy atom. The molecule has 0 radical (unpaired) electrons. The summed E-state index contributed by atoms with van der Waals surface area (Å²) in [4.78, 5) is 15.1. The average Bonchev–Trinajstić information content (AvgIpc) is 2.59. The van der Waals surface area contributed by atoms with E-state index in [9.17, 15) is 4.79 Å². The summed E-state index contributed by atoms with van der Waals surface area (Å²) < 4.78 is 0. The minimum absolute atomic E-state index is 0.0657. The van der Waals surface area contributed by atoms with Crippen LogP contribution in [0.4, 0.5) is 5.69 Å². The van der Waals surface area contributed by atoms with Crippen molar-refractivity contribution in [3.8, 4) is 0 Å². The highest BCUT2D eigenvalue weighted by Gasteiger charge is 2.25. The zero-order valence-corrected chi connectivity index (χ0v) is 15.4. The average molecular weight is 348 g/mol. The van der Waals surface area contributed by atoms with Crippen molar-refractivity contribution in [3.63, 3.8) is 0 Å². The van der Waals surface area contributed by atoms with Crippen LogP contribution in [-0.2, 0) is 11.3 Å². The van der Waals surface area contributed by atoms with Crippen LogP contribution in [0.2, 0.25) is 0 Å². The van der Waals surface area contributed by atoms with Gasteiger partial charge in [0.05, 0.1) is 0 Å². The molecule has 2 atom stereocenters. The molecule has 2 fully saturated rings. The van der Waals surface area contributed by atoms with Gasteiger partial charge < -0.3 is 11.1 Å². The fourth-order valence-electron chi connectivity index (χ4n) is 3.62. The molecule has 1 amide bonds. The number of hydrogen-bond acceptors (Lipinski definition) is 4. The van der Waals surface area contributed by atoms with Crippen LogP contribution in [0, 0.1) is 12.8 Å². The van der Waals surface area contributed by atoms with E-state index in [0.717, 1.165) is 56.6 Å². The fourth-order valence-corrected chi connectivity index (χ4v) is 4.60. The van der Waals surface area contributed by atoms with Crippen LogP contribution in [0.1, 0.15) is 36.8 Å². The molecule has 5 heteroatoms. The standard InChI is InChI=1S/C19H29N3OS/c1-14-5-6-15(13-22-7-9-24-10-8-22)11-18(14)21-19(23)16-3-2-4-17(20)12-16/h5-6,11,16-17H,2-4,7-10,12-13,20H2,1H3,(H,21,23). The number of nitrogens with two attached hydrogens (primary N) is 1. The highest BCUT2D eigenvalue weighted by molar-refractivity contribution is 7.99. The Labute approximate surface area is 149 Å². The predicted molar refractivity (Wildman–Crippen MR) is 102 cm³/mol. The second kappa shape index (κ2) is 8.37.